The van der Waals surface area contributed by atoms with Crippen molar-refractivity contribution in [1.82, 2.24) is 0 Å². The summed E-state index contributed by atoms with van der Waals surface area (Å²) in [5.74, 6) is 1.65. The van der Waals surface area contributed by atoms with E-state index in [0.717, 1.165) is 30.0 Å². The number of nitrogens with zero attached hydrogens (tertiary/aromatic N) is 1. The zero-order valence-electron chi connectivity index (χ0n) is 12.8. The second-order valence-corrected chi connectivity index (χ2v) is 6.28. The lowest BCUT2D eigenvalue weighted by Crippen LogP contribution is -2.38. The van der Waals surface area contributed by atoms with E-state index in [1.54, 1.807) is 0 Å². The first-order valence-electron chi connectivity index (χ1n) is 7.69. The highest BCUT2D eigenvalue weighted by atomic mass is 15.1. The summed E-state index contributed by atoms with van der Waals surface area (Å²) in [6.07, 6.45) is 1.24. The fourth-order valence-corrected chi connectivity index (χ4v) is 3.28. The van der Waals surface area contributed by atoms with Crippen LogP contribution in [0, 0.1) is 17.2 Å². The number of nitrogens with two attached hydrogens (primary N) is 1. The van der Waals surface area contributed by atoms with Gasteiger partial charge in [-0.3, -0.25) is 5.41 Å². The van der Waals surface area contributed by atoms with Crippen molar-refractivity contribution in [3.63, 3.8) is 0 Å². The van der Waals surface area contributed by atoms with Crippen LogP contribution in [0.15, 0.2) is 36.4 Å². The van der Waals surface area contributed by atoms with Gasteiger partial charge in [0.15, 0.2) is 0 Å². The molecular weight excluding hydrogens is 258 g/mol. The van der Waals surface area contributed by atoms with Gasteiger partial charge in [-0.25, -0.2) is 0 Å². The third-order valence-electron chi connectivity index (χ3n) is 4.87. The van der Waals surface area contributed by atoms with E-state index in [1.807, 2.05) is 12.1 Å². The topological polar surface area (TPSA) is 53.1 Å². The molecule has 3 N–H and O–H groups in total. The molecule has 1 aliphatic heterocycles. The maximum absolute atomic E-state index is 7.76. The number of nitrogen functional groups attached to an aromatic ring is 1. The van der Waals surface area contributed by atoms with Crippen LogP contribution >= 0.6 is 0 Å². The molecule has 0 bridgehead atoms. The molecule has 3 heteroatoms. The van der Waals surface area contributed by atoms with Crippen molar-refractivity contribution in [3.8, 4) is 0 Å². The highest BCUT2D eigenvalue weighted by molar-refractivity contribution is 6.10. The monoisotopic (exact) mass is 281 g/mol. The number of hydrogen-bond acceptors (Lipinski definition) is 2. The Labute approximate surface area is 126 Å². The minimum Gasteiger partial charge on any atom is -0.384 e. The third kappa shape index (κ3) is 2.48. The summed E-state index contributed by atoms with van der Waals surface area (Å²) in [6, 6.07) is 12.4. The molecule has 0 radical (unpaired) electrons. The van der Waals surface area contributed by atoms with E-state index in [4.69, 9.17) is 11.1 Å². The van der Waals surface area contributed by atoms with Crippen molar-refractivity contribution in [1.29, 1.82) is 5.41 Å². The van der Waals surface area contributed by atoms with Crippen molar-refractivity contribution in [3.05, 3.63) is 42.0 Å². The second-order valence-electron chi connectivity index (χ2n) is 6.28. The van der Waals surface area contributed by atoms with E-state index in [2.05, 4.69) is 43.0 Å². The maximum Gasteiger partial charge on any atom is 0.123 e. The first kappa shape index (κ1) is 13.9. The summed E-state index contributed by atoms with van der Waals surface area (Å²) in [7, 11) is 0. The Hall–Kier alpha value is -2.03. The van der Waals surface area contributed by atoms with Gasteiger partial charge in [0.25, 0.3) is 0 Å². The molecule has 110 valence electrons. The lowest BCUT2D eigenvalue weighted by molar-refractivity contribution is 0.324. The second kappa shape index (κ2) is 5.40. The summed E-state index contributed by atoms with van der Waals surface area (Å²) in [6.45, 7) is 6.89. The zero-order valence-corrected chi connectivity index (χ0v) is 12.8. The molecule has 2 aromatic carbocycles. The van der Waals surface area contributed by atoms with Gasteiger partial charge in [-0.1, -0.05) is 38.1 Å². The van der Waals surface area contributed by atoms with E-state index in [1.165, 1.54) is 17.5 Å². The van der Waals surface area contributed by atoms with Gasteiger partial charge < -0.3 is 10.6 Å². The SMILES string of the molecule is CC1CCN(c2ccc(C(=N)N)c3ccccc23)CC1C. The minimum atomic E-state index is 0.137. The van der Waals surface area contributed by atoms with Crippen LogP contribution in [0.4, 0.5) is 5.69 Å². The van der Waals surface area contributed by atoms with E-state index in [-0.39, 0.29) is 5.84 Å². The fourth-order valence-electron chi connectivity index (χ4n) is 3.28. The van der Waals surface area contributed by atoms with E-state index >= 15 is 0 Å². The van der Waals surface area contributed by atoms with Crippen LogP contribution in [-0.4, -0.2) is 18.9 Å². The molecule has 3 rings (SSSR count). The van der Waals surface area contributed by atoms with Gasteiger partial charge >= 0.3 is 0 Å². The molecule has 1 heterocycles. The molecule has 0 saturated carbocycles. The average molecular weight is 281 g/mol. The summed E-state index contributed by atoms with van der Waals surface area (Å²) in [5, 5.41) is 10.0. The van der Waals surface area contributed by atoms with Gasteiger partial charge in [0, 0.05) is 29.7 Å². The van der Waals surface area contributed by atoms with Crippen LogP contribution in [0.5, 0.6) is 0 Å². The van der Waals surface area contributed by atoms with Gasteiger partial charge in [0.2, 0.25) is 0 Å². The third-order valence-corrected chi connectivity index (χ3v) is 4.87. The molecule has 21 heavy (non-hydrogen) atoms. The van der Waals surface area contributed by atoms with Gasteiger partial charge in [-0.15, -0.1) is 0 Å². The van der Waals surface area contributed by atoms with Crippen LogP contribution in [0.1, 0.15) is 25.8 Å². The molecule has 0 amide bonds. The van der Waals surface area contributed by atoms with E-state index in [0.29, 0.717) is 5.92 Å². The largest absolute Gasteiger partial charge is 0.384 e. The molecule has 1 fully saturated rings. The molecule has 1 aliphatic rings. The summed E-state index contributed by atoms with van der Waals surface area (Å²) < 4.78 is 0. The minimum absolute atomic E-state index is 0.137. The normalized spacial score (nSPS) is 22.5. The van der Waals surface area contributed by atoms with Crippen molar-refractivity contribution in [2.24, 2.45) is 17.6 Å². The first-order valence-corrected chi connectivity index (χ1v) is 7.69. The molecule has 0 aliphatic carbocycles. The molecular formula is C18H23N3. The molecule has 0 spiro atoms. The fraction of sp³-hybridized carbons (Fsp3) is 0.389. The molecule has 2 unspecified atom stereocenters. The number of hydrogen-bond donors (Lipinski definition) is 2. The predicted molar refractivity (Wildman–Crippen MR) is 90.1 cm³/mol. The highest BCUT2D eigenvalue weighted by Gasteiger charge is 2.24. The molecule has 1 saturated heterocycles. The number of piperidine rings is 1. The molecule has 3 nitrogen and oxygen atoms in total. The van der Waals surface area contributed by atoms with Crippen molar-refractivity contribution < 1.29 is 0 Å². The van der Waals surface area contributed by atoms with Crippen LogP contribution < -0.4 is 10.6 Å². The van der Waals surface area contributed by atoms with Gasteiger partial charge in [0.05, 0.1) is 0 Å². The Kier molecular flexibility index (Phi) is 3.58. The van der Waals surface area contributed by atoms with Crippen LogP contribution in [-0.2, 0) is 0 Å². The number of fused-ring (bicyclic) bond motifs is 1. The van der Waals surface area contributed by atoms with E-state index in [9.17, 15) is 0 Å². The van der Waals surface area contributed by atoms with Crippen molar-refractivity contribution in [2.75, 3.05) is 18.0 Å². The lowest BCUT2D eigenvalue weighted by atomic mass is 9.88. The van der Waals surface area contributed by atoms with Crippen LogP contribution in [0.25, 0.3) is 10.8 Å². The van der Waals surface area contributed by atoms with E-state index < -0.39 is 0 Å². The molecule has 2 aromatic rings. The van der Waals surface area contributed by atoms with Gasteiger partial charge in [-0.05, 0) is 35.8 Å². The Morgan fingerprint density at radius 3 is 2.48 bits per heavy atom. The average Bonchev–Trinajstić information content (AvgIpc) is 2.49. The van der Waals surface area contributed by atoms with Crippen molar-refractivity contribution in [2.45, 2.75) is 20.3 Å². The standard InChI is InChI=1S/C18H23N3/c1-12-9-10-21(11-13(12)2)17-8-7-16(18(19)20)14-5-3-4-6-15(14)17/h3-8,12-13H,9-11H2,1-2H3,(H3,19,20). The highest BCUT2D eigenvalue weighted by Crippen LogP contribution is 2.33. The lowest BCUT2D eigenvalue weighted by Gasteiger charge is -2.37. The Balaban J connectivity index is 2.08. The Morgan fingerprint density at radius 1 is 1.10 bits per heavy atom. The quantitative estimate of drug-likeness (QED) is 0.652. The van der Waals surface area contributed by atoms with Crippen molar-refractivity contribution >= 4 is 22.3 Å². The van der Waals surface area contributed by atoms with Gasteiger partial charge in [0.1, 0.15) is 5.84 Å². The predicted octanol–water partition coefficient (Wildman–Crippen LogP) is 3.61. The maximum atomic E-state index is 7.76. The Bertz CT molecular complexity index is 677. The molecule has 0 aromatic heterocycles. The number of benzene rings is 2. The number of nitrogens with one attached hydrogen (secondary N) is 1. The Morgan fingerprint density at radius 2 is 1.81 bits per heavy atom. The molecule has 2 atom stereocenters. The van der Waals surface area contributed by atoms with Crippen LogP contribution in [0.2, 0.25) is 0 Å². The number of amidine groups is 1. The number of rotatable bonds is 2. The first-order chi connectivity index (χ1) is 10.1. The number of anilines is 1. The summed E-state index contributed by atoms with van der Waals surface area (Å²) in [5.41, 5.74) is 7.82. The summed E-state index contributed by atoms with van der Waals surface area (Å²) >= 11 is 0. The summed E-state index contributed by atoms with van der Waals surface area (Å²) in [4.78, 5) is 2.48. The van der Waals surface area contributed by atoms with Crippen LogP contribution in [0.3, 0.4) is 0 Å². The smallest absolute Gasteiger partial charge is 0.123 e. The zero-order chi connectivity index (χ0) is 15.0. The van der Waals surface area contributed by atoms with Gasteiger partial charge in [-0.2, -0.15) is 0 Å².